The molecule has 34 heavy (non-hydrogen) atoms. The molecule has 178 valence electrons. The summed E-state index contributed by atoms with van der Waals surface area (Å²) in [5.74, 6) is 0.247. The van der Waals surface area contributed by atoms with E-state index in [1.54, 1.807) is 31.2 Å². The van der Waals surface area contributed by atoms with Crippen LogP contribution in [-0.4, -0.2) is 25.5 Å². The molecule has 0 unspecified atom stereocenters. The number of carbonyl (C=O) groups excluding carboxylic acids is 1. The number of para-hydroxylation sites is 1. The second kappa shape index (κ2) is 11.3. The molecule has 0 aromatic heterocycles. The first-order valence-electron chi connectivity index (χ1n) is 10.8. The molecule has 3 rings (SSSR count). The quantitative estimate of drug-likeness (QED) is 0.299. The Morgan fingerprint density at radius 1 is 1.12 bits per heavy atom. The van der Waals surface area contributed by atoms with Gasteiger partial charge >= 0.3 is 0 Å². The van der Waals surface area contributed by atoms with Crippen LogP contribution in [0, 0.1) is 18.2 Å². The molecular formula is C26H28FN3O4. The van der Waals surface area contributed by atoms with Crippen LogP contribution in [0.25, 0.3) is 0 Å². The average Bonchev–Trinajstić information content (AvgIpc) is 2.83. The Hall–Kier alpha value is -3.91. The maximum Gasteiger partial charge on any atom is 0.254 e. The van der Waals surface area contributed by atoms with Crippen LogP contribution in [-0.2, 0) is 16.1 Å². The van der Waals surface area contributed by atoms with Crippen molar-refractivity contribution in [2.45, 2.75) is 26.5 Å². The number of amides is 1. The minimum absolute atomic E-state index is 0.0968. The van der Waals surface area contributed by atoms with Gasteiger partial charge in [-0.2, -0.15) is 0 Å². The van der Waals surface area contributed by atoms with Gasteiger partial charge in [0.05, 0.1) is 7.11 Å². The van der Waals surface area contributed by atoms with Gasteiger partial charge in [-0.05, 0) is 43.7 Å². The van der Waals surface area contributed by atoms with Crippen LogP contribution >= 0.6 is 0 Å². The van der Waals surface area contributed by atoms with Crippen LogP contribution in [0.1, 0.15) is 35.3 Å². The molecule has 0 fully saturated rings. The number of rotatable bonds is 10. The van der Waals surface area contributed by atoms with Gasteiger partial charge in [-0.1, -0.05) is 30.3 Å². The van der Waals surface area contributed by atoms with E-state index in [1.807, 2.05) is 31.2 Å². The van der Waals surface area contributed by atoms with Crippen LogP contribution in [0.2, 0.25) is 0 Å². The number of halogens is 1. The van der Waals surface area contributed by atoms with E-state index >= 15 is 0 Å². The van der Waals surface area contributed by atoms with Gasteiger partial charge < -0.3 is 25.3 Å². The monoisotopic (exact) mass is 465 g/mol. The van der Waals surface area contributed by atoms with Crippen molar-refractivity contribution in [1.82, 2.24) is 5.32 Å². The van der Waals surface area contributed by atoms with Crippen molar-refractivity contribution in [2.75, 3.05) is 13.7 Å². The van der Waals surface area contributed by atoms with Gasteiger partial charge in [0.1, 0.15) is 28.9 Å². The van der Waals surface area contributed by atoms with E-state index in [2.05, 4.69) is 5.32 Å². The Labute approximate surface area is 198 Å². The van der Waals surface area contributed by atoms with Gasteiger partial charge in [-0.25, -0.2) is 4.39 Å². The molecule has 0 heterocycles. The molecule has 0 saturated heterocycles. The van der Waals surface area contributed by atoms with Gasteiger partial charge in [0.15, 0.2) is 6.10 Å². The standard InChI is InChI=1S/C26H28FN3O4/c1-4-33-24(20-12-11-19(32-3)14-21(20)27)26(31)30-15-18-10-9-17(25(28)29)13-23(18)34-22-8-6-5-7-16(22)2/h5-14,24H,4,15H2,1-3H3,(H3,28,29)(H,30,31)/t24-/m0/s1. The molecule has 3 aromatic rings. The van der Waals surface area contributed by atoms with Gasteiger partial charge in [0.25, 0.3) is 5.91 Å². The highest BCUT2D eigenvalue weighted by Crippen LogP contribution is 2.30. The first kappa shape index (κ1) is 24.7. The maximum absolute atomic E-state index is 14.6. The summed E-state index contributed by atoms with van der Waals surface area (Å²) in [6.45, 7) is 3.97. The van der Waals surface area contributed by atoms with E-state index in [9.17, 15) is 9.18 Å². The molecule has 1 amide bonds. The highest BCUT2D eigenvalue weighted by Gasteiger charge is 2.25. The number of hydrogen-bond donors (Lipinski definition) is 3. The second-order valence-electron chi connectivity index (χ2n) is 7.54. The molecule has 0 saturated carbocycles. The molecule has 0 radical (unpaired) electrons. The zero-order valence-corrected chi connectivity index (χ0v) is 19.4. The van der Waals surface area contributed by atoms with Gasteiger partial charge in [0.2, 0.25) is 0 Å². The fourth-order valence-electron chi connectivity index (χ4n) is 3.35. The molecule has 0 aliphatic rings. The lowest BCUT2D eigenvalue weighted by Crippen LogP contribution is -2.31. The number of aryl methyl sites for hydroxylation is 1. The fraction of sp³-hybridized carbons (Fsp3) is 0.231. The van der Waals surface area contributed by atoms with Crippen LogP contribution < -0.4 is 20.5 Å². The molecule has 0 aliphatic heterocycles. The summed E-state index contributed by atoms with van der Waals surface area (Å²) in [6, 6.07) is 16.8. The molecule has 3 aromatic carbocycles. The van der Waals surface area contributed by atoms with Crippen molar-refractivity contribution in [3.05, 3.63) is 88.7 Å². The van der Waals surface area contributed by atoms with Crippen molar-refractivity contribution in [1.29, 1.82) is 5.41 Å². The van der Waals surface area contributed by atoms with Crippen molar-refractivity contribution in [3.63, 3.8) is 0 Å². The normalized spacial score (nSPS) is 11.5. The average molecular weight is 466 g/mol. The van der Waals surface area contributed by atoms with Crippen molar-refractivity contribution >= 4 is 11.7 Å². The Morgan fingerprint density at radius 2 is 1.88 bits per heavy atom. The first-order valence-corrected chi connectivity index (χ1v) is 10.8. The maximum atomic E-state index is 14.6. The summed E-state index contributed by atoms with van der Waals surface area (Å²) in [5.41, 5.74) is 7.84. The van der Waals surface area contributed by atoms with Crippen molar-refractivity contribution in [2.24, 2.45) is 5.73 Å². The fourth-order valence-corrected chi connectivity index (χ4v) is 3.35. The molecular weight excluding hydrogens is 437 g/mol. The largest absolute Gasteiger partial charge is 0.497 e. The first-order chi connectivity index (χ1) is 16.3. The van der Waals surface area contributed by atoms with Gasteiger partial charge in [0, 0.05) is 35.9 Å². The minimum Gasteiger partial charge on any atom is -0.497 e. The number of nitrogens with two attached hydrogens (primary N) is 1. The van der Waals surface area contributed by atoms with E-state index in [1.165, 1.54) is 19.2 Å². The van der Waals surface area contributed by atoms with Crippen LogP contribution in [0.3, 0.4) is 0 Å². The number of methoxy groups -OCH3 is 1. The summed E-state index contributed by atoms with van der Waals surface area (Å²) < 4.78 is 31.3. The summed E-state index contributed by atoms with van der Waals surface area (Å²) in [6.07, 6.45) is -1.13. The molecule has 0 bridgehead atoms. The molecule has 7 nitrogen and oxygen atoms in total. The Bertz CT molecular complexity index is 1180. The Balaban J connectivity index is 1.84. The molecule has 4 N–H and O–H groups in total. The van der Waals surface area contributed by atoms with Crippen molar-refractivity contribution < 1.29 is 23.4 Å². The topological polar surface area (TPSA) is 107 Å². The lowest BCUT2D eigenvalue weighted by Gasteiger charge is -2.19. The summed E-state index contributed by atoms with van der Waals surface area (Å²) in [5, 5.41) is 10.5. The summed E-state index contributed by atoms with van der Waals surface area (Å²) in [4.78, 5) is 13.0. The van der Waals surface area contributed by atoms with Crippen molar-refractivity contribution in [3.8, 4) is 17.2 Å². The molecule has 0 spiro atoms. The third-order valence-corrected chi connectivity index (χ3v) is 5.21. The summed E-state index contributed by atoms with van der Waals surface area (Å²) >= 11 is 0. The molecule has 1 atom stereocenters. The van der Waals surface area contributed by atoms with Crippen LogP contribution in [0.15, 0.2) is 60.7 Å². The smallest absolute Gasteiger partial charge is 0.254 e. The second-order valence-corrected chi connectivity index (χ2v) is 7.54. The van der Waals surface area contributed by atoms with E-state index in [-0.39, 0.29) is 24.6 Å². The van der Waals surface area contributed by atoms with Gasteiger partial charge in [-0.3, -0.25) is 10.2 Å². The Morgan fingerprint density at radius 3 is 2.53 bits per heavy atom. The van der Waals surface area contributed by atoms with Gasteiger partial charge in [-0.15, -0.1) is 0 Å². The lowest BCUT2D eigenvalue weighted by atomic mass is 10.1. The van der Waals surface area contributed by atoms with Crippen LogP contribution in [0.4, 0.5) is 4.39 Å². The van der Waals surface area contributed by atoms with E-state index in [0.717, 1.165) is 5.56 Å². The number of carbonyl (C=O) groups is 1. The number of ether oxygens (including phenoxy) is 3. The minimum atomic E-state index is -1.13. The van der Waals surface area contributed by atoms with E-state index in [4.69, 9.17) is 25.4 Å². The summed E-state index contributed by atoms with van der Waals surface area (Å²) in [7, 11) is 1.44. The number of nitrogens with one attached hydrogen (secondary N) is 2. The zero-order chi connectivity index (χ0) is 24.7. The number of hydrogen-bond acceptors (Lipinski definition) is 5. The lowest BCUT2D eigenvalue weighted by molar-refractivity contribution is -0.133. The highest BCUT2D eigenvalue weighted by atomic mass is 19.1. The zero-order valence-electron chi connectivity index (χ0n) is 19.4. The molecule has 0 aliphatic carbocycles. The predicted molar refractivity (Wildman–Crippen MR) is 128 cm³/mol. The van der Waals surface area contributed by atoms with E-state index in [0.29, 0.717) is 28.4 Å². The number of nitrogen functional groups attached to an aromatic ring is 1. The predicted octanol–water partition coefficient (Wildman–Crippen LogP) is 4.61. The SMILES string of the molecule is CCO[C@H](C(=O)NCc1ccc(C(=N)N)cc1Oc1ccccc1C)c1ccc(OC)cc1F. The number of benzene rings is 3. The van der Waals surface area contributed by atoms with Crippen LogP contribution in [0.5, 0.6) is 17.2 Å². The Kier molecular flexibility index (Phi) is 8.21. The third kappa shape index (κ3) is 5.90. The number of amidine groups is 1. The highest BCUT2D eigenvalue weighted by molar-refractivity contribution is 5.95. The third-order valence-electron chi connectivity index (χ3n) is 5.21. The molecule has 8 heteroatoms. The van der Waals surface area contributed by atoms with E-state index < -0.39 is 17.8 Å².